The highest BCUT2D eigenvalue weighted by atomic mass is 35.5. The van der Waals surface area contributed by atoms with Crippen LogP contribution in [0.3, 0.4) is 0 Å². The summed E-state index contributed by atoms with van der Waals surface area (Å²) < 4.78 is 18.3. The fourth-order valence-electron chi connectivity index (χ4n) is 1.56. The molecule has 1 heterocycles. The summed E-state index contributed by atoms with van der Waals surface area (Å²) in [6.45, 7) is 2.07. The van der Waals surface area contributed by atoms with E-state index < -0.39 is 0 Å². The zero-order valence-electron chi connectivity index (χ0n) is 8.00. The van der Waals surface area contributed by atoms with Crippen LogP contribution in [0.4, 0.5) is 4.39 Å². The van der Waals surface area contributed by atoms with Gasteiger partial charge in [-0.25, -0.2) is 4.39 Å². The van der Waals surface area contributed by atoms with Crippen LogP contribution in [0.1, 0.15) is 11.6 Å². The van der Waals surface area contributed by atoms with Crippen molar-refractivity contribution in [3.8, 4) is 0 Å². The fourth-order valence-corrected chi connectivity index (χ4v) is 1.79. The van der Waals surface area contributed by atoms with Gasteiger partial charge in [0.25, 0.3) is 0 Å². The summed E-state index contributed by atoms with van der Waals surface area (Å²) >= 11 is 5.76. The Hall–Kier alpha value is -0.350. The Balaban J connectivity index is 0.00000112. The van der Waals surface area contributed by atoms with Gasteiger partial charge in [-0.1, -0.05) is 11.6 Å². The molecule has 1 aromatic rings. The first-order valence-electron chi connectivity index (χ1n) is 4.53. The minimum absolute atomic E-state index is 0. The monoisotopic (exact) mass is 251 g/mol. The van der Waals surface area contributed by atoms with E-state index >= 15 is 0 Å². The number of rotatable bonds is 1. The van der Waals surface area contributed by atoms with E-state index in [1.165, 1.54) is 12.1 Å². The molecule has 1 aromatic carbocycles. The van der Waals surface area contributed by atoms with E-state index in [0.29, 0.717) is 18.2 Å². The minimum Gasteiger partial charge on any atom is -0.378 e. The van der Waals surface area contributed by atoms with E-state index in [9.17, 15) is 4.39 Å². The first-order valence-corrected chi connectivity index (χ1v) is 4.90. The van der Waals surface area contributed by atoms with Gasteiger partial charge in [-0.3, -0.25) is 0 Å². The van der Waals surface area contributed by atoms with Crippen LogP contribution in [0.2, 0.25) is 5.02 Å². The first kappa shape index (κ1) is 12.7. The normalized spacial score (nSPS) is 20.8. The Morgan fingerprint density at radius 3 is 2.80 bits per heavy atom. The molecule has 0 radical (unpaired) electrons. The summed E-state index contributed by atoms with van der Waals surface area (Å²) in [5, 5.41) is 3.66. The predicted octanol–water partition coefficient (Wildman–Crippen LogP) is 2.56. The molecule has 0 aromatic heterocycles. The third-order valence-electron chi connectivity index (χ3n) is 2.21. The Bertz CT molecular complexity index is 309. The van der Waals surface area contributed by atoms with Crippen LogP contribution in [0, 0.1) is 5.82 Å². The molecular formula is C10H12Cl2FNO. The number of ether oxygens (including phenoxy) is 1. The van der Waals surface area contributed by atoms with Crippen molar-refractivity contribution >= 4 is 24.0 Å². The second-order valence-electron chi connectivity index (χ2n) is 3.28. The van der Waals surface area contributed by atoms with Gasteiger partial charge in [-0.15, -0.1) is 12.4 Å². The molecule has 1 aliphatic rings. The molecule has 1 aliphatic heterocycles. The first-order chi connectivity index (χ1) is 6.75. The van der Waals surface area contributed by atoms with Crippen molar-refractivity contribution in [1.82, 2.24) is 5.32 Å². The second kappa shape index (κ2) is 5.66. The van der Waals surface area contributed by atoms with Gasteiger partial charge in [0.15, 0.2) is 0 Å². The van der Waals surface area contributed by atoms with Crippen LogP contribution in [0.5, 0.6) is 0 Å². The van der Waals surface area contributed by atoms with Crippen LogP contribution < -0.4 is 5.32 Å². The van der Waals surface area contributed by atoms with Crippen molar-refractivity contribution < 1.29 is 9.13 Å². The van der Waals surface area contributed by atoms with Gasteiger partial charge in [0.2, 0.25) is 0 Å². The van der Waals surface area contributed by atoms with Gasteiger partial charge in [-0.05, 0) is 23.8 Å². The zero-order chi connectivity index (χ0) is 9.97. The number of halogens is 3. The third kappa shape index (κ3) is 3.31. The van der Waals surface area contributed by atoms with Gasteiger partial charge < -0.3 is 10.1 Å². The highest BCUT2D eigenvalue weighted by Gasteiger charge is 2.16. The van der Waals surface area contributed by atoms with Crippen molar-refractivity contribution in [3.63, 3.8) is 0 Å². The predicted molar refractivity (Wildman–Crippen MR) is 60.2 cm³/mol. The summed E-state index contributed by atoms with van der Waals surface area (Å²) in [6.07, 6.45) is 0. The molecule has 5 heteroatoms. The molecule has 84 valence electrons. The van der Waals surface area contributed by atoms with E-state index in [2.05, 4.69) is 5.32 Å². The van der Waals surface area contributed by atoms with Crippen LogP contribution in [0.15, 0.2) is 18.2 Å². The highest BCUT2D eigenvalue weighted by Crippen LogP contribution is 2.21. The lowest BCUT2D eigenvalue weighted by Crippen LogP contribution is -2.34. The molecule has 0 aliphatic carbocycles. The lowest BCUT2D eigenvalue weighted by atomic mass is 10.1. The van der Waals surface area contributed by atoms with E-state index in [1.807, 2.05) is 0 Å². The summed E-state index contributed by atoms with van der Waals surface area (Å²) in [5.41, 5.74) is 0.842. The van der Waals surface area contributed by atoms with E-state index in [-0.39, 0.29) is 24.3 Å². The molecule has 0 bridgehead atoms. The molecule has 1 atom stereocenters. The molecule has 2 rings (SSSR count). The van der Waals surface area contributed by atoms with Crippen LogP contribution in [-0.4, -0.2) is 19.8 Å². The quantitative estimate of drug-likeness (QED) is 0.829. The Morgan fingerprint density at radius 1 is 1.40 bits per heavy atom. The number of morpholine rings is 1. The summed E-state index contributed by atoms with van der Waals surface area (Å²) in [7, 11) is 0. The standard InChI is InChI=1S/C10H11ClFNO.ClH/c11-8-3-7(4-9(12)5-8)10-6-14-2-1-13-10;/h3-5,10,13H,1-2,6H2;1H/t10-;/m0./s1. The summed E-state index contributed by atoms with van der Waals surface area (Å²) in [4.78, 5) is 0. The second-order valence-corrected chi connectivity index (χ2v) is 3.72. The van der Waals surface area contributed by atoms with Gasteiger partial charge in [0.1, 0.15) is 5.82 Å². The lowest BCUT2D eigenvalue weighted by molar-refractivity contribution is 0.0768. The average Bonchev–Trinajstić information content (AvgIpc) is 2.18. The molecule has 15 heavy (non-hydrogen) atoms. The van der Waals surface area contributed by atoms with E-state index in [4.69, 9.17) is 16.3 Å². The van der Waals surface area contributed by atoms with Gasteiger partial charge >= 0.3 is 0 Å². The van der Waals surface area contributed by atoms with Gasteiger partial charge in [0.05, 0.1) is 19.3 Å². The molecule has 1 saturated heterocycles. The van der Waals surface area contributed by atoms with Crippen LogP contribution in [-0.2, 0) is 4.74 Å². The smallest absolute Gasteiger partial charge is 0.125 e. The lowest BCUT2D eigenvalue weighted by Gasteiger charge is -2.24. The van der Waals surface area contributed by atoms with Crippen molar-refractivity contribution in [2.45, 2.75) is 6.04 Å². The summed E-state index contributed by atoms with van der Waals surface area (Å²) in [5.74, 6) is -0.306. The highest BCUT2D eigenvalue weighted by molar-refractivity contribution is 6.30. The molecule has 0 amide bonds. The molecule has 0 saturated carbocycles. The van der Waals surface area contributed by atoms with Gasteiger partial charge in [0, 0.05) is 11.6 Å². The number of hydrogen-bond acceptors (Lipinski definition) is 2. The summed E-state index contributed by atoms with van der Waals surface area (Å²) in [6, 6.07) is 4.60. The maximum atomic E-state index is 13.0. The minimum atomic E-state index is -0.306. The zero-order valence-corrected chi connectivity index (χ0v) is 9.58. The van der Waals surface area contributed by atoms with Crippen molar-refractivity contribution in [2.75, 3.05) is 19.8 Å². The van der Waals surface area contributed by atoms with Crippen molar-refractivity contribution in [1.29, 1.82) is 0 Å². The average molecular weight is 252 g/mol. The maximum absolute atomic E-state index is 13.0. The molecular weight excluding hydrogens is 240 g/mol. The largest absolute Gasteiger partial charge is 0.378 e. The van der Waals surface area contributed by atoms with Crippen molar-refractivity contribution in [2.24, 2.45) is 0 Å². The molecule has 2 nitrogen and oxygen atoms in total. The molecule has 1 fully saturated rings. The topological polar surface area (TPSA) is 21.3 Å². The molecule has 1 N–H and O–H groups in total. The van der Waals surface area contributed by atoms with Gasteiger partial charge in [-0.2, -0.15) is 0 Å². The Kier molecular flexibility index (Phi) is 4.80. The van der Waals surface area contributed by atoms with E-state index in [0.717, 1.165) is 12.1 Å². The fraction of sp³-hybridized carbons (Fsp3) is 0.400. The number of nitrogens with one attached hydrogen (secondary N) is 1. The Labute approximate surface area is 99.2 Å². The molecule has 0 spiro atoms. The van der Waals surface area contributed by atoms with Crippen LogP contribution in [0.25, 0.3) is 0 Å². The van der Waals surface area contributed by atoms with Crippen molar-refractivity contribution in [3.05, 3.63) is 34.6 Å². The SMILES string of the molecule is Cl.Fc1cc(Cl)cc([C@@H]2COCCN2)c1. The maximum Gasteiger partial charge on any atom is 0.125 e. The molecule has 0 unspecified atom stereocenters. The number of benzene rings is 1. The van der Waals surface area contributed by atoms with Crippen LogP contribution >= 0.6 is 24.0 Å². The third-order valence-corrected chi connectivity index (χ3v) is 2.43. The number of hydrogen-bond donors (Lipinski definition) is 1. The van der Waals surface area contributed by atoms with E-state index in [1.54, 1.807) is 6.07 Å². The Morgan fingerprint density at radius 2 is 2.20 bits per heavy atom.